The molecular formula is C44H54Cl2N14O7. The summed E-state index contributed by atoms with van der Waals surface area (Å²) in [6.45, 7) is 4.98. The Balaban J connectivity index is 0.000000182. The lowest BCUT2D eigenvalue weighted by atomic mass is 10.00. The van der Waals surface area contributed by atoms with Crippen LogP contribution in [0.5, 0.6) is 0 Å². The SMILES string of the molecule is CC1(C)Nc2ccc(N)cc2NC1=O.CN1Cc2ccc(N)cc2NC1=O.Cl.Cl.Nc1ccc2c(c1)NC(=O)C(CO)N2.Nc1ccc2c(c1)NC(=O)NC2.Nc1ccc2c(c1)NC(=O)OC2. The lowest BCUT2D eigenvalue weighted by molar-refractivity contribution is -0.119. The highest BCUT2D eigenvalue weighted by Gasteiger charge is 2.32. The maximum absolute atomic E-state index is 11.6. The number of halogens is 2. The number of hydrogen-bond acceptors (Lipinski definition) is 14. The number of carbonyl (C=O) groups excluding carboxylic acids is 5. The number of ether oxygens (including phenoxy) is 1. The van der Waals surface area contributed by atoms with Gasteiger partial charge in [-0.2, -0.15) is 0 Å². The first-order valence-electron chi connectivity index (χ1n) is 20.1. The van der Waals surface area contributed by atoms with Crippen LogP contribution >= 0.6 is 24.8 Å². The molecule has 0 fully saturated rings. The number of rotatable bonds is 1. The van der Waals surface area contributed by atoms with Gasteiger partial charge in [0, 0.05) is 65.5 Å². The number of aliphatic hydroxyl groups is 1. The average Bonchev–Trinajstić information content (AvgIpc) is 3.25. The standard InChI is InChI=1S/C10H13N3O.C9H11N3O2.C9H11N3O.C8H9N3O.C8H8N2O2.2ClH/c1-10(2)9(14)12-8-5-6(11)3-4-7(8)13-10;10-5-1-2-6-7(3-5)12-9(14)8(4-13)11-6;1-12-5-6-2-3-7(10)4-8(6)11-9(12)13;9-6-2-1-5-4-10-8(12)11-7(5)3-6;9-6-2-1-5-4-12-8(11)10-7(5)3-6;;/h3-5,13H,11H2,1-2H3,(H,12,14);1-3,8,11,13H,4,10H2,(H,12,14);2-4H,5,10H2,1H3,(H,11,13);1-3H,4,9H2,(H2,10,11,12);1-3H,4,9H2,(H,10,11);2*1H. The van der Waals surface area contributed by atoms with Gasteiger partial charge >= 0.3 is 18.2 Å². The molecule has 67 heavy (non-hydrogen) atoms. The van der Waals surface area contributed by atoms with Crippen LogP contribution in [0, 0.1) is 0 Å². The molecule has 0 bridgehead atoms. The molecule has 5 heterocycles. The third-order valence-corrected chi connectivity index (χ3v) is 10.1. The maximum atomic E-state index is 11.6. The molecule has 19 N–H and O–H groups in total. The van der Waals surface area contributed by atoms with E-state index in [9.17, 15) is 24.0 Å². The monoisotopic (exact) mass is 960 g/mol. The molecule has 356 valence electrons. The van der Waals surface area contributed by atoms with Crippen molar-refractivity contribution in [1.82, 2.24) is 10.2 Å². The van der Waals surface area contributed by atoms with E-state index in [0.717, 1.165) is 50.8 Å². The topological polar surface area (TPSA) is 344 Å². The second-order valence-corrected chi connectivity index (χ2v) is 15.7. The summed E-state index contributed by atoms with van der Waals surface area (Å²) in [5, 5.41) is 31.1. The Hall–Kier alpha value is -8.01. The van der Waals surface area contributed by atoms with E-state index in [-0.39, 0.29) is 55.3 Å². The van der Waals surface area contributed by atoms with Crippen molar-refractivity contribution in [2.24, 2.45) is 0 Å². The van der Waals surface area contributed by atoms with Crippen LogP contribution < -0.4 is 71.2 Å². The smallest absolute Gasteiger partial charge is 0.411 e. The molecule has 1 atom stereocenters. The van der Waals surface area contributed by atoms with Crippen molar-refractivity contribution in [2.75, 3.05) is 79.5 Å². The number of benzene rings is 5. The lowest BCUT2D eigenvalue weighted by Crippen LogP contribution is -2.47. The number of cyclic esters (lactones) is 1. The predicted molar refractivity (Wildman–Crippen MR) is 268 cm³/mol. The van der Waals surface area contributed by atoms with Crippen molar-refractivity contribution in [3.05, 3.63) is 108 Å². The molecule has 5 aromatic carbocycles. The first-order chi connectivity index (χ1) is 30.9. The number of nitrogens with one attached hydrogen (secondary N) is 8. The van der Waals surface area contributed by atoms with E-state index in [1.165, 1.54) is 0 Å². The van der Waals surface area contributed by atoms with Gasteiger partial charge in [-0.1, -0.05) is 18.2 Å². The largest absolute Gasteiger partial charge is 0.444 e. The molecule has 21 nitrogen and oxygen atoms in total. The Morgan fingerprint density at radius 2 is 1.10 bits per heavy atom. The van der Waals surface area contributed by atoms with Crippen LogP contribution in [0.3, 0.4) is 0 Å². The zero-order chi connectivity index (χ0) is 47.0. The number of aliphatic hydroxyl groups excluding tert-OH is 1. The van der Waals surface area contributed by atoms with Crippen LogP contribution in [0.25, 0.3) is 0 Å². The summed E-state index contributed by atoms with van der Waals surface area (Å²) in [7, 11) is 1.76. The molecule has 10 rings (SSSR count). The van der Waals surface area contributed by atoms with Gasteiger partial charge in [0.2, 0.25) is 11.8 Å². The molecule has 0 aliphatic carbocycles. The van der Waals surface area contributed by atoms with E-state index in [1.807, 2.05) is 50.2 Å². The van der Waals surface area contributed by atoms with Crippen molar-refractivity contribution in [3.8, 4) is 0 Å². The Morgan fingerprint density at radius 1 is 0.612 bits per heavy atom. The fourth-order valence-corrected chi connectivity index (χ4v) is 6.56. The number of nitrogens with two attached hydrogens (primary N) is 5. The van der Waals surface area contributed by atoms with Crippen LogP contribution in [0.1, 0.15) is 30.5 Å². The first kappa shape index (κ1) is 51.6. The van der Waals surface area contributed by atoms with Gasteiger partial charge in [0.15, 0.2) is 0 Å². The average molecular weight is 962 g/mol. The second-order valence-electron chi connectivity index (χ2n) is 15.7. The van der Waals surface area contributed by atoms with Crippen LogP contribution in [-0.4, -0.2) is 65.2 Å². The summed E-state index contributed by atoms with van der Waals surface area (Å²) in [5.41, 5.74) is 39.1. The molecule has 5 aliphatic heterocycles. The van der Waals surface area contributed by atoms with Crippen LogP contribution in [0.2, 0.25) is 0 Å². The van der Waals surface area contributed by atoms with Crippen molar-refractivity contribution >= 4 is 123 Å². The van der Waals surface area contributed by atoms with E-state index < -0.39 is 17.7 Å². The summed E-state index contributed by atoms with van der Waals surface area (Å²) in [6, 6.07) is 26.1. The fraction of sp³-hybridized carbons (Fsp3) is 0.205. The Kier molecular flexibility index (Phi) is 17.1. The highest BCUT2D eigenvalue weighted by atomic mass is 35.5. The molecule has 0 aromatic heterocycles. The van der Waals surface area contributed by atoms with Gasteiger partial charge in [-0.25, -0.2) is 14.4 Å². The predicted octanol–water partition coefficient (Wildman–Crippen LogP) is 5.73. The molecule has 5 aliphatic rings. The third kappa shape index (κ3) is 13.5. The van der Waals surface area contributed by atoms with Crippen LogP contribution in [0.15, 0.2) is 91.0 Å². The summed E-state index contributed by atoms with van der Waals surface area (Å²) < 4.78 is 4.75. The van der Waals surface area contributed by atoms with E-state index >= 15 is 0 Å². The molecule has 23 heteroatoms. The quantitative estimate of drug-likeness (QED) is 0.0893. The van der Waals surface area contributed by atoms with Crippen molar-refractivity contribution in [2.45, 2.75) is 45.1 Å². The van der Waals surface area contributed by atoms with Gasteiger partial charge in [0.25, 0.3) is 0 Å². The second kappa shape index (κ2) is 22.3. The zero-order valence-corrected chi connectivity index (χ0v) is 38.2. The molecular weight excluding hydrogens is 907 g/mol. The molecule has 0 saturated carbocycles. The number of carbonyl (C=O) groups is 5. The molecule has 0 radical (unpaired) electrons. The van der Waals surface area contributed by atoms with Crippen LogP contribution in [0.4, 0.5) is 82.6 Å². The minimum absolute atomic E-state index is 0. The van der Waals surface area contributed by atoms with Gasteiger partial charge in [-0.15, -0.1) is 24.8 Å². The minimum atomic E-state index is -0.578. The Morgan fingerprint density at radius 3 is 1.70 bits per heavy atom. The third-order valence-electron chi connectivity index (χ3n) is 10.1. The summed E-state index contributed by atoms with van der Waals surface area (Å²) in [4.78, 5) is 57.4. The van der Waals surface area contributed by atoms with Gasteiger partial charge in [-0.05, 0) is 97.8 Å². The maximum Gasteiger partial charge on any atom is 0.411 e. The number of amides is 7. The first-order valence-corrected chi connectivity index (χ1v) is 20.1. The number of fused-ring (bicyclic) bond motifs is 5. The molecule has 5 aromatic rings. The molecule has 7 amide bonds. The van der Waals surface area contributed by atoms with Gasteiger partial charge in [0.05, 0.1) is 35.0 Å². The number of anilines is 12. The highest BCUT2D eigenvalue weighted by molar-refractivity contribution is 6.06. The van der Waals surface area contributed by atoms with Gasteiger partial charge in [-0.3, -0.25) is 14.9 Å². The Bertz CT molecular complexity index is 2590. The van der Waals surface area contributed by atoms with E-state index in [4.69, 9.17) is 38.5 Å². The number of nitrogens with zero attached hydrogens (tertiary/aromatic N) is 1. The van der Waals surface area contributed by atoms with E-state index in [1.54, 1.807) is 66.5 Å². The number of urea groups is 2. The van der Waals surface area contributed by atoms with E-state index in [0.29, 0.717) is 53.8 Å². The van der Waals surface area contributed by atoms with Crippen molar-refractivity contribution in [1.29, 1.82) is 0 Å². The van der Waals surface area contributed by atoms with Gasteiger partial charge < -0.3 is 80.6 Å². The number of hydrogen-bond donors (Lipinski definition) is 14. The summed E-state index contributed by atoms with van der Waals surface area (Å²) in [5.74, 6) is -0.291. The fourth-order valence-electron chi connectivity index (χ4n) is 6.56. The highest BCUT2D eigenvalue weighted by Crippen LogP contribution is 2.32. The van der Waals surface area contributed by atoms with Crippen LogP contribution in [-0.2, 0) is 34.0 Å². The van der Waals surface area contributed by atoms with Crippen molar-refractivity contribution in [3.63, 3.8) is 0 Å². The van der Waals surface area contributed by atoms with Crippen molar-refractivity contribution < 1.29 is 33.8 Å². The number of nitrogen functional groups attached to an aromatic ring is 5. The summed E-state index contributed by atoms with van der Waals surface area (Å²) >= 11 is 0. The molecule has 0 spiro atoms. The molecule has 0 saturated heterocycles. The normalized spacial score (nSPS) is 16.0. The van der Waals surface area contributed by atoms with E-state index in [2.05, 4.69) is 42.5 Å². The zero-order valence-electron chi connectivity index (χ0n) is 36.6. The van der Waals surface area contributed by atoms with Gasteiger partial charge in [0.1, 0.15) is 18.2 Å². The molecule has 1 unspecified atom stereocenters. The minimum Gasteiger partial charge on any atom is -0.444 e. The Labute approximate surface area is 398 Å². The lowest BCUT2D eigenvalue weighted by Gasteiger charge is -2.32. The summed E-state index contributed by atoms with van der Waals surface area (Å²) in [6.07, 6.45) is -0.423.